The lowest BCUT2D eigenvalue weighted by Gasteiger charge is -2.17. The lowest BCUT2D eigenvalue weighted by molar-refractivity contribution is 0.0706. The highest BCUT2D eigenvalue weighted by Gasteiger charge is 2.41. The summed E-state index contributed by atoms with van der Waals surface area (Å²) in [6.45, 7) is 6.56. The van der Waals surface area contributed by atoms with E-state index in [-0.39, 0.29) is 27.4 Å². The van der Waals surface area contributed by atoms with Crippen LogP contribution in [0.2, 0.25) is 5.15 Å². The quantitative estimate of drug-likeness (QED) is 0.160. The van der Waals surface area contributed by atoms with Gasteiger partial charge in [0.1, 0.15) is 11.0 Å². The average molecular weight is 658 g/mol. The van der Waals surface area contributed by atoms with E-state index in [9.17, 15) is 13.2 Å². The lowest BCUT2D eigenvalue weighted by atomic mass is 9.95. The number of carbonyl (C=O) groups is 1. The van der Waals surface area contributed by atoms with E-state index in [1.165, 1.54) is 48.6 Å². The molecule has 242 valence electrons. The van der Waals surface area contributed by atoms with Crippen molar-refractivity contribution < 1.29 is 22.7 Å². The summed E-state index contributed by atoms with van der Waals surface area (Å²) in [5.41, 5.74) is -0.0448. The zero-order valence-corrected chi connectivity index (χ0v) is 27.1. The Labute approximate surface area is 268 Å². The minimum atomic E-state index is -4.29. The number of amides is 1. The molecular formula is C31H40ClN7O5S. The largest absolute Gasteiger partial charge is 0.477 e. The van der Waals surface area contributed by atoms with Crippen molar-refractivity contribution in [1.82, 2.24) is 29.8 Å². The minimum Gasteiger partial charge on any atom is -0.477 e. The number of nitrogens with one attached hydrogen (secondary N) is 3. The molecule has 1 aliphatic heterocycles. The first-order valence-corrected chi connectivity index (χ1v) is 17.4. The highest BCUT2D eigenvalue weighted by Crippen LogP contribution is 2.50. The van der Waals surface area contributed by atoms with Crippen molar-refractivity contribution >= 4 is 33.3 Å². The summed E-state index contributed by atoms with van der Waals surface area (Å²) in [5, 5.41) is 10.4. The van der Waals surface area contributed by atoms with Crippen molar-refractivity contribution in [2.75, 3.05) is 31.6 Å². The summed E-state index contributed by atoms with van der Waals surface area (Å²) >= 11 is 6.32. The molecule has 0 spiro atoms. The fourth-order valence-corrected chi connectivity index (χ4v) is 7.13. The molecule has 3 aromatic heterocycles. The first kappa shape index (κ1) is 31.7. The van der Waals surface area contributed by atoms with Crippen LogP contribution < -0.4 is 20.1 Å². The Hall–Kier alpha value is -3.26. The molecule has 1 saturated heterocycles. The second-order valence-corrected chi connectivity index (χ2v) is 14.8. The van der Waals surface area contributed by atoms with Crippen LogP contribution in [0, 0.1) is 17.8 Å². The zero-order chi connectivity index (χ0) is 31.6. The van der Waals surface area contributed by atoms with Crippen molar-refractivity contribution in [3.63, 3.8) is 0 Å². The van der Waals surface area contributed by atoms with Gasteiger partial charge < -0.3 is 20.1 Å². The Balaban J connectivity index is 1.01. The van der Waals surface area contributed by atoms with E-state index in [1.807, 2.05) is 4.72 Å². The Kier molecular flexibility index (Phi) is 9.32. The fourth-order valence-electron chi connectivity index (χ4n) is 5.96. The fraction of sp³-hybridized carbons (Fsp3) is 0.548. The Morgan fingerprint density at radius 3 is 2.58 bits per heavy atom. The molecule has 45 heavy (non-hydrogen) atoms. The molecule has 12 nitrogen and oxygen atoms in total. The second kappa shape index (κ2) is 13.2. The zero-order valence-electron chi connectivity index (χ0n) is 25.5. The van der Waals surface area contributed by atoms with Gasteiger partial charge >= 0.3 is 0 Å². The van der Waals surface area contributed by atoms with Crippen molar-refractivity contribution in [2.24, 2.45) is 17.8 Å². The number of aromatic nitrogens is 4. The standard InChI is InChI=1S/C31H40ClN7O5S/c1-31(2)18-22(19-34-31)43-17-14-33-25-4-3-5-28(35-25)45(41,42)38-30(40)24-10-11-26(36-29(24)32)39-15-12-27(37-39)44-16-13-23(20-6-7-20)21-8-9-21/h3-5,10-12,15,20-23,34H,6-9,13-14,16-19H2,1-2H3,(H,33,35)(H,38,40). The highest BCUT2D eigenvalue weighted by atomic mass is 35.5. The normalized spacial score (nSPS) is 19.5. The van der Waals surface area contributed by atoms with Crippen LogP contribution in [0.3, 0.4) is 0 Å². The number of nitrogens with zero attached hydrogens (tertiary/aromatic N) is 4. The smallest absolute Gasteiger partial charge is 0.281 e. The van der Waals surface area contributed by atoms with Crippen molar-refractivity contribution in [1.29, 1.82) is 0 Å². The van der Waals surface area contributed by atoms with Crippen LogP contribution in [-0.4, -0.2) is 72.0 Å². The van der Waals surface area contributed by atoms with Crippen LogP contribution in [0.5, 0.6) is 5.88 Å². The van der Waals surface area contributed by atoms with Crippen LogP contribution in [-0.2, 0) is 14.8 Å². The van der Waals surface area contributed by atoms with Gasteiger partial charge in [0.05, 0.1) is 24.9 Å². The third kappa shape index (κ3) is 8.32. The molecule has 4 heterocycles. The predicted molar refractivity (Wildman–Crippen MR) is 169 cm³/mol. The molecule has 3 aromatic rings. The van der Waals surface area contributed by atoms with Gasteiger partial charge in [0.2, 0.25) is 5.88 Å². The lowest BCUT2D eigenvalue weighted by Crippen LogP contribution is -2.31. The monoisotopic (exact) mass is 657 g/mol. The molecule has 14 heteroatoms. The Morgan fingerprint density at radius 2 is 1.89 bits per heavy atom. The van der Waals surface area contributed by atoms with E-state index >= 15 is 0 Å². The number of carbonyl (C=O) groups excluding carboxylic acids is 1. The summed E-state index contributed by atoms with van der Waals surface area (Å²) < 4.78 is 41.3. The average Bonchev–Trinajstić information content (AvgIpc) is 3.94. The molecule has 3 N–H and O–H groups in total. The maximum atomic E-state index is 13.0. The molecule has 3 fully saturated rings. The van der Waals surface area contributed by atoms with Crippen LogP contribution in [0.1, 0.15) is 62.7 Å². The Morgan fingerprint density at radius 1 is 1.11 bits per heavy atom. The number of anilines is 1. The first-order valence-electron chi connectivity index (χ1n) is 15.6. The number of hydrogen-bond donors (Lipinski definition) is 3. The third-order valence-corrected chi connectivity index (χ3v) is 10.1. The molecule has 2 saturated carbocycles. The molecule has 3 aliphatic rings. The van der Waals surface area contributed by atoms with Crippen LogP contribution >= 0.6 is 11.6 Å². The van der Waals surface area contributed by atoms with E-state index in [4.69, 9.17) is 21.1 Å². The van der Waals surface area contributed by atoms with Crippen molar-refractivity contribution in [3.8, 4) is 11.7 Å². The maximum Gasteiger partial charge on any atom is 0.281 e. The van der Waals surface area contributed by atoms with Gasteiger partial charge in [-0.25, -0.2) is 19.4 Å². The number of hydrogen-bond acceptors (Lipinski definition) is 10. The van der Waals surface area contributed by atoms with E-state index < -0.39 is 15.9 Å². The van der Waals surface area contributed by atoms with E-state index in [1.54, 1.807) is 24.4 Å². The predicted octanol–water partition coefficient (Wildman–Crippen LogP) is 4.21. The highest BCUT2D eigenvalue weighted by molar-refractivity contribution is 7.90. The SMILES string of the molecule is CC1(C)CC(OCCNc2cccc(S(=O)(=O)NC(=O)c3ccc(-n4ccc(OCCC(C5CC5)C5CC5)n4)nc3Cl)n2)CN1. The van der Waals surface area contributed by atoms with Gasteiger partial charge in [-0.2, -0.15) is 8.42 Å². The van der Waals surface area contributed by atoms with Gasteiger partial charge in [-0.3, -0.25) is 4.79 Å². The second-order valence-electron chi connectivity index (χ2n) is 12.8. The van der Waals surface area contributed by atoms with Crippen LogP contribution in [0.15, 0.2) is 47.6 Å². The van der Waals surface area contributed by atoms with Crippen molar-refractivity contribution in [3.05, 3.63) is 53.3 Å². The molecule has 1 unspecified atom stereocenters. The summed E-state index contributed by atoms with van der Waals surface area (Å²) in [4.78, 5) is 21.3. The molecule has 1 atom stereocenters. The van der Waals surface area contributed by atoms with Crippen molar-refractivity contribution in [2.45, 2.75) is 69.0 Å². The molecule has 1 amide bonds. The summed E-state index contributed by atoms with van der Waals surface area (Å²) in [7, 11) is -4.29. The topological polar surface area (TPSA) is 149 Å². The third-order valence-electron chi connectivity index (χ3n) is 8.57. The van der Waals surface area contributed by atoms with Crippen LogP contribution in [0.25, 0.3) is 5.82 Å². The number of rotatable bonds is 15. The summed E-state index contributed by atoms with van der Waals surface area (Å²) in [6.07, 6.45) is 9.17. The Bertz CT molecular complexity index is 1610. The van der Waals surface area contributed by atoms with Gasteiger partial charge in [0.25, 0.3) is 15.9 Å². The molecule has 0 radical (unpaired) electrons. The van der Waals surface area contributed by atoms with E-state index in [2.05, 4.69) is 39.5 Å². The molecule has 0 bridgehead atoms. The number of halogens is 1. The molecule has 2 aliphatic carbocycles. The van der Waals surface area contributed by atoms with Gasteiger partial charge in [0, 0.05) is 30.9 Å². The summed E-state index contributed by atoms with van der Waals surface area (Å²) in [5.74, 6) is 2.78. The summed E-state index contributed by atoms with van der Waals surface area (Å²) in [6, 6.07) is 9.19. The van der Waals surface area contributed by atoms with Gasteiger partial charge in [-0.1, -0.05) is 17.7 Å². The molecular weight excluding hydrogens is 618 g/mol. The van der Waals surface area contributed by atoms with E-state index in [0.29, 0.717) is 37.3 Å². The molecule has 0 aromatic carbocycles. The first-order chi connectivity index (χ1) is 21.6. The maximum absolute atomic E-state index is 13.0. The van der Waals surface area contributed by atoms with E-state index in [0.717, 1.165) is 37.1 Å². The van der Waals surface area contributed by atoms with Gasteiger partial charge in [-0.05, 0) is 94.4 Å². The minimum absolute atomic E-state index is 0.0572. The number of pyridine rings is 2. The number of sulfonamides is 1. The van der Waals surface area contributed by atoms with Gasteiger partial charge in [-0.15, -0.1) is 5.10 Å². The number of ether oxygens (including phenoxy) is 2. The van der Waals surface area contributed by atoms with Crippen LogP contribution in [0.4, 0.5) is 5.82 Å². The van der Waals surface area contributed by atoms with Gasteiger partial charge in [0.15, 0.2) is 10.8 Å². The molecule has 6 rings (SSSR count).